The van der Waals surface area contributed by atoms with Crippen molar-refractivity contribution in [3.8, 4) is 0 Å². The molecule has 1 aliphatic rings. The minimum absolute atomic E-state index is 0.207. The van der Waals surface area contributed by atoms with Gasteiger partial charge in [-0.15, -0.1) is 0 Å². The third-order valence-corrected chi connectivity index (χ3v) is 2.12. The first-order valence-corrected chi connectivity index (χ1v) is 3.90. The molecule has 1 nitrogen and oxygen atoms in total. The maximum atomic E-state index is 9.43. The summed E-state index contributed by atoms with van der Waals surface area (Å²) < 4.78 is 0. The minimum Gasteiger partial charge on any atom is -0.389 e. The fourth-order valence-electron chi connectivity index (χ4n) is 1.39. The van der Waals surface area contributed by atoms with E-state index in [1.54, 1.807) is 0 Å². The van der Waals surface area contributed by atoms with Crippen molar-refractivity contribution in [1.29, 1.82) is 0 Å². The average molecular weight is 139 g/mol. The Hall–Kier alpha value is -0.300. The van der Waals surface area contributed by atoms with Gasteiger partial charge in [0.2, 0.25) is 0 Å². The highest BCUT2D eigenvalue weighted by atomic mass is 16.3. The molecule has 58 valence electrons. The van der Waals surface area contributed by atoms with Crippen molar-refractivity contribution in [2.75, 3.05) is 0 Å². The summed E-state index contributed by atoms with van der Waals surface area (Å²) in [5.41, 5.74) is 1.12. The van der Waals surface area contributed by atoms with Crippen LogP contribution < -0.4 is 0 Å². The van der Waals surface area contributed by atoms with E-state index in [2.05, 4.69) is 19.9 Å². The molecule has 2 unspecified atom stereocenters. The first-order valence-electron chi connectivity index (χ1n) is 3.90. The molecule has 0 aromatic carbocycles. The molecule has 0 radical (unpaired) electrons. The molecule has 1 N–H and O–H groups in total. The van der Waals surface area contributed by atoms with E-state index < -0.39 is 0 Å². The van der Waals surface area contributed by atoms with Gasteiger partial charge in [0.1, 0.15) is 0 Å². The van der Waals surface area contributed by atoms with E-state index in [-0.39, 0.29) is 6.10 Å². The van der Waals surface area contributed by atoms with Gasteiger partial charge in [0.25, 0.3) is 0 Å². The molecule has 0 saturated heterocycles. The largest absolute Gasteiger partial charge is 0.389 e. The van der Waals surface area contributed by atoms with Crippen LogP contribution in [0, 0.1) is 12.8 Å². The molecular weight excluding hydrogens is 124 g/mol. The Morgan fingerprint density at radius 2 is 2.50 bits per heavy atom. The summed E-state index contributed by atoms with van der Waals surface area (Å²) in [7, 11) is 0. The van der Waals surface area contributed by atoms with Crippen molar-refractivity contribution in [1.82, 2.24) is 0 Å². The first kappa shape index (κ1) is 7.80. The average Bonchev–Trinajstić information content (AvgIpc) is 1.88. The van der Waals surface area contributed by atoms with Crippen LogP contribution >= 0.6 is 0 Å². The molecule has 0 aromatic heterocycles. The molecule has 0 saturated carbocycles. The van der Waals surface area contributed by atoms with Crippen LogP contribution in [-0.4, -0.2) is 11.2 Å². The van der Waals surface area contributed by atoms with Gasteiger partial charge in [0.05, 0.1) is 6.10 Å². The SMILES string of the molecule is [CH2-]CC1=CCC(C)CC1O. The molecule has 0 heterocycles. The molecule has 1 rings (SSSR count). The maximum absolute atomic E-state index is 9.43. The van der Waals surface area contributed by atoms with Crippen LogP contribution in [0.25, 0.3) is 0 Å². The summed E-state index contributed by atoms with van der Waals surface area (Å²) in [4.78, 5) is 0. The van der Waals surface area contributed by atoms with Crippen molar-refractivity contribution in [2.24, 2.45) is 5.92 Å². The first-order chi connectivity index (χ1) is 4.74. The maximum Gasteiger partial charge on any atom is 0.0727 e. The lowest BCUT2D eigenvalue weighted by Gasteiger charge is -2.24. The molecule has 0 aliphatic heterocycles. The third kappa shape index (κ3) is 1.60. The monoisotopic (exact) mass is 139 g/mol. The minimum atomic E-state index is -0.207. The zero-order chi connectivity index (χ0) is 7.56. The molecule has 0 fully saturated rings. The molecule has 0 bridgehead atoms. The summed E-state index contributed by atoms with van der Waals surface area (Å²) in [5, 5.41) is 9.43. The molecule has 0 spiro atoms. The number of aliphatic hydroxyl groups is 1. The third-order valence-electron chi connectivity index (χ3n) is 2.12. The van der Waals surface area contributed by atoms with Gasteiger partial charge in [0, 0.05) is 0 Å². The number of hydrogen-bond donors (Lipinski definition) is 1. The van der Waals surface area contributed by atoms with Gasteiger partial charge in [-0.1, -0.05) is 18.6 Å². The lowest BCUT2D eigenvalue weighted by Crippen LogP contribution is -2.18. The molecule has 2 atom stereocenters. The van der Waals surface area contributed by atoms with Gasteiger partial charge in [0.15, 0.2) is 0 Å². The van der Waals surface area contributed by atoms with Crippen molar-refractivity contribution >= 4 is 0 Å². The van der Waals surface area contributed by atoms with E-state index in [1.165, 1.54) is 0 Å². The number of allylic oxidation sites excluding steroid dienone is 1. The fourth-order valence-corrected chi connectivity index (χ4v) is 1.39. The molecule has 1 heteroatoms. The molecule has 0 aromatic rings. The Balaban J connectivity index is 2.57. The lowest BCUT2D eigenvalue weighted by atomic mass is 9.88. The normalized spacial score (nSPS) is 33.7. The van der Waals surface area contributed by atoms with Crippen LogP contribution in [-0.2, 0) is 0 Å². The summed E-state index contributed by atoms with van der Waals surface area (Å²) >= 11 is 0. The molecule has 10 heavy (non-hydrogen) atoms. The Bertz CT molecular complexity index is 138. The lowest BCUT2D eigenvalue weighted by molar-refractivity contribution is 0.168. The summed E-state index contributed by atoms with van der Waals surface area (Å²) in [5.74, 6) is 0.644. The summed E-state index contributed by atoms with van der Waals surface area (Å²) in [6.07, 6.45) is 4.71. The van der Waals surface area contributed by atoms with E-state index in [0.29, 0.717) is 5.92 Å². The Labute approximate surface area is 62.8 Å². The van der Waals surface area contributed by atoms with Crippen molar-refractivity contribution < 1.29 is 5.11 Å². The predicted molar refractivity (Wildman–Crippen MR) is 42.5 cm³/mol. The summed E-state index contributed by atoms with van der Waals surface area (Å²) in [6, 6.07) is 0. The van der Waals surface area contributed by atoms with Crippen molar-refractivity contribution in [3.63, 3.8) is 0 Å². The van der Waals surface area contributed by atoms with E-state index >= 15 is 0 Å². The number of aliphatic hydroxyl groups excluding tert-OH is 1. The van der Waals surface area contributed by atoms with E-state index in [4.69, 9.17) is 0 Å². The quantitative estimate of drug-likeness (QED) is 0.434. The van der Waals surface area contributed by atoms with Gasteiger partial charge in [-0.25, -0.2) is 0 Å². The van der Waals surface area contributed by atoms with Crippen LogP contribution in [0.1, 0.15) is 26.2 Å². The van der Waals surface area contributed by atoms with Crippen LogP contribution in [0.4, 0.5) is 0 Å². The fraction of sp³-hybridized carbons (Fsp3) is 0.667. The van der Waals surface area contributed by atoms with Gasteiger partial charge in [-0.2, -0.15) is 6.42 Å². The second-order valence-electron chi connectivity index (χ2n) is 3.12. The highest BCUT2D eigenvalue weighted by Crippen LogP contribution is 2.24. The second-order valence-corrected chi connectivity index (χ2v) is 3.12. The van der Waals surface area contributed by atoms with Crippen LogP contribution in [0.15, 0.2) is 11.6 Å². The summed E-state index contributed by atoms with van der Waals surface area (Å²) in [6.45, 7) is 5.92. The standard InChI is InChI=1S/C9H15O/c1-3-8-5-4-7(2)6-9(8)10/h5,7,9-10H,1,3-4,6H2,2H3/q-1. The predicted octanol–water partition coefficient (Wildman–Crippen LogP) is 1.93. The number of rotatable bonds is 1. The van der Waals surface area contributed by atoms with Gasteiger partial charge < -0.3 is 12.0 Å². The van der Waals surface area contributed by atoms with E-state index in [0.717, 1.165) is 24.8 Å². The molecule has 0 amide bonds. The van der Waals surface area contributed by atoms with Crippen molar-refractivity contribution in [3.05, 3.63) is 18.6 Å². The van der Waals surface area contributed by atoms with Crippen LogP contribution in [0.3, 0.4) is 0 Å². The van der Waals surface area contributed by atoms with E-state index in [9.17, 15) is 5.11 Å². The Kier molecular flexibility index (Phi) is 2.50. The van der Waals surface area contributed by atoms with Crippen LogP contribution in [0.5, 0.6) is 0 Å². The highest BCUT2D eigenvalue weighted by Gasteiger charge is 2.15. The van der Waals surface area contributed by atoms with Gasteiger partial charge in [-0.05, 0) is 18.8 Å². The smallest absolute Gasteiger partial charge is 0.0727 e. The number of hydrogen-bond acceptors (Lipinski definition) is 1. The van der Waals surface area contributed by atoms with E-state index in [1.807, 2.05) is 0 Å². The Morgan fingerprint density at radius 3 is 3.00 bits per heavy atom. The zero-order valence-corrected chi connectivity index (χ0v) is 6.51. The van der Waals surface area contributed by atoms with Crippen molar-refractivity contribution in [2.45, 2.75) is 32.3 Å². The van der Waals surface area contributed by atoms with Crippen LogP contribution in [0.2, 0.25) is 0 Å². The second kappa shape index (κ2) is 3.20. The van der Waals surface area contributed by atoms with Gasteiger partial charge >= 0.3 is 0 Å². The van der Waals surface area contributed by atoms with Gasteiger partial charge in [-0.3, -0.25) is 0 Å². The Morgan fingerprint density at radius 1 is 1.80 bits per heavy atom. The topological polar surface area (TPSA) is 20.2 Å². The zero-order valence-electron chi connectivity index (χ0n) is 6.51. The molecule has 1 aliphatic carbocycles. The highest BCUT2D eigenvalue weighted by molar-refractivity contribution is 5.12. The molecular formula is C9H15O-.